The van der Waals surface area contributed by atoms with Gasteiger partial charge < -0.3 is 10.5 Å². The lowest BCUT2D eigenvalue weighted by Crippen LogP contribution is -2.10. The number of ether oxygens (including phenoxy) is 1. The number of hydrogen-bond acceptors (Lipinski definition) is 3. The highest BCUT2D eigenvalue weighted by atomic mass is 19.2. The van der Waals surface area contributed by atoms with Gasteiger partial charge in [0.05, 0.1) is 0 Å². The van der Waals surface area contributed by atoms with Crippen molar-refractivity contribution in [3.63, 3.8) is 0 Å². The van der Waals surface area contributed by atoms with Crippen LogP contribution in [0.2, 0.25) is 0 Å². The van der Waals surface area contributed by atoms with Crippen molar-refractivity contribution in [2.24, 2.45) is 10.7 Å². The largest absolute Gasteiger partial charge is 0.463 e. The smallest absolute Gasteiger partial charge is 0.282 e. The number of hydrogen-bond donors (Lipinski definition) is 1. The highest BCUT2D eigenvalue weighted by molar-refractivity contribution is 5.73. The molecule has 1 heterocycles. The van der Waals surface area contributed by atoms with Crippen molar-refractivity contribution in [2.75, 3.05) is 6.61 Å². The van der Waals surface area contributed by atoms with Crippen LogP contribution in [0, 0.1) is 17.5 Å². The molecule has 6 heteroatoms. The summed E-state index contributed by atoms with van der Waals surface area (Å²) < 4.78 is 43.7. The Morgan fingerprint density at radius 3 is 2.67 bits per heavy atom. The van der Waals surface area contributed by atoms with Gasteiger partial charge in [-0.3, -0.25) is 0 Å². The first-order valence-corrected chi connectivity index (χ1v) is 4.18. The fraction of sp³-hybridized carbons (Fsp3) is 0.222. The number of halogens is 3. The van der Waals surface area contributed by atoms with Gasteiger partial charge in [-0.05, 0) is 6.07 Å². The zero-order valence-corrected chi connectivity index (χ0v) is 7.51. The predicted octanol–water partition coefficient (Wildman–Crippen LogP) is 1.49. The zero-order chi connectivity index (χ0) is 11.0. The van der Waals surface area contributed by atoms with Crippen LogP contribution >= 0.6 is 0 Å². The minimum atomic E-state index is -1.24. The van der Waals surface area contributed by atoms with Gasteiger partial charge in [0, 0.05) is 11.6 Å². The van der Waals surface area contributed by atoms with Gasteiger partial charge in [0.15, 0.2) is 11.6 Å². The van der Waals surface area contributed by atoms with Crippen molar-refractivity contribution in [3.8, 4) is 0 Å². The van der Waals surface area contributed by atoms with E-state index in [0.717, 1.165) is 6.07 Å². The van der Waals surface area contributed by atoms with Gasteiger partial charge in [0.1, 0.15) is 18.5 Å². The molecule has 0 aliphatic carbocycles. The first kappa shape index (κ1) is 9.82. The molecule has 15 heavy (non-hydrogen) atoms. The van der Waals surface area contributed by atoms with E-state index in [1.54, 1.807) is 0 Å². The molecule has 1 aliphatic heterocycles. The monoisotopic (exact) mass is 216 g/mol. The second-order valence-electron chi connectivity index (χ2n) is 3.08. The van der Waals surface area contributed by atoms with E-state index in [0.29, 0.717) is 6.07 Å². The lowest BCUT2D eigenvalue weighted by Gasteiger charge is -2.07. The summed E-state index contributed by atoms with van der Waals surface area (Å²) in [4.78, 5) is 3.70. The normalized spacial score (nSPS) is 19.9. The maximum Gasteiger partial charge on any atom is 0.282 e. The number of rotatable bonds is 1. The fourth-order valence-corrected chi connectivity index (χ4v) is 1.37. The molecule has 2 N–H and O–H groups in total. The third-order valence-corrected chi connectivity index (χ3v) is 2.05. The minimum Gasteiger partial charge on any atom is -0.463 e. The maximum absolute atomic E-state index is 13.3. The molecular formula is C9H7F3N2O. The Balaban J connectivity index is 2.44. The molecule has 1 aromatic carbocycles. The number of amidine groups is 1. The first-order valence-electron chi connectivity index (χ1n) is 4.18. The summed E-state index contributed by atoms with van der Waals surface area (Å²) in [5.74, 6) is -3.22. The number of nitrogens with zero attached hydrogens (tertiary/aromatic N) is 1. The van der Waals surface area contributed by atoms with Crippen molar-refractivity contribution >= 4 is 6.02 Å². The molecule has 1 atom stereocenters. The second-order valence-corrected chi connectivity index (χ2v) is 3.08. The van der Waals surface area contributed by atoms with Gasteiger partial charge >= 0.3 is 0 Å². The summed E-state index contributed by atoms with van der Waals surface area (Å²) in [5, 5.41) is 0. The summed E-state index contributed by atoms with van der Waals surface area (Å²) in [5.41, 5.74) is 5.02. The average Bonchev–Trinajstić information content (AvgIpc) is 2.58. The van der Waals surface area contributed by atoms with Gasteiger partial charge in [-0.15, -0.1) is 0 Å². The van der Waals surface area contributed by atoms with Crippen LogP contribution in [0.25, 0.3) is 0 Å². The molecule has 0 aromatic heterocycles. The third kappa shape index (κ3) is 1.74. The molecule has 0 fully saturated rings. The average molecular weight is 216 g/mol. The Labute approximate surface area is 83.4 Å². The van der Waals surface area contributed by atoms with E-state index in [4.69, 9.17) is 10.5 Å². The lowest BCUT2D eigenvalue weighted by molar-refractivity contribution is 0.311. The third-order valence-electron chi connectivity index (χ3n) is 2.05. The van der Waals surface area contributed by atoms with E-state index in [2.05, 4.69) is 4.99 Å². The Morgan fingerprint density at radius 1 is 1.33 bits per heavy atom. The summed E-state index contributed by atoms with van der Waals surface area (Å²) in [6.07, 6.45) is 0. The van der Waals surface area contributed by atoms with Crippen LogP contribution in [0.4, 0.5) is 13.2 Å². The van der Waals surface area contributed by atoms with Gasteiger partial charge in [-0.1, -0.05) is 0 Å². The highest BCUT2D eigenvalue weighted by Gasteiger charge is 2.24. The van der Waals surface area contributed by atoms with E-state index >= 15 is 0 Å². The van der Waals surface area contributed by atoms with Gasteiger partial charge in [0.25, 0.3) is 6.02 Å². The summed E-state index contributed by atoms with van der Waals surface area (Å²) in [6.45, 7) is -0.00829. The molecule has 80 valence electrons. The van der Waals surface area contributed by atoms with Crippen LogP contribution in [0.1, 0.15) is 11.6 Å². The Hall–Kier alpha value is -1.72. The number of benzene rings is 1. The van der Waals surface area contributed by atoms with Gasteiger partial charge in [-0.2, -0.15) is 0 Å². The zero-order valence-electron chi connectivity index (χ0n) is 7.51. The summed E-state index contributed by atoms with van der Waals surface area (Å²) >= 11 is 0. The predicted molar refractivity (Wildman–Crippen MR) is 46.6 cm³/mol. The van der Waals surface area contributed by atoms with Crippen molar-refractivity contribution in [1.29, 1.82) is 0 Å². The van der Waals surface area contributed by atoms with Crippen LogP contribution in [0.3, 0.4) is 0 Å². The Kier molecular flexibility index (Phi) is 2.26. The molecule has 3 nitrogen and oxygen atoms in total. The van der Waals surface area contributed by atoms with E-state index in [1.807, 2.05) is 0 Å². The van der Waals surface area contributed by atoms with E-state index in [1.165, 1.54) is 0 Å². The minimum absolute atomic E-state index is 0.00829. The molecule has 0 saturated heterocycles. The molecule has 0 radical (unpaired) electrons. The van der Waals surface area contributed by atoms with Crippen molar-refractivity contribution < 1.29 is 17.9 Å². The standard InChI is InChI=1S/C9H7F3N2O/c10-4-1-5(8(12)6(11)2-4)7-3-15-9(13)14-7/h1-2,7H,3H2,(H2,13,14). The van der Waals surface area contributed by atoms with E-state index in [9.17, 15) is 13.2 Å². The van der Waals surface area contributed by atoms with Gasteiger partial charge in [0.2, 0.25) is 0 Å². The summed E-state index contributed by atoms with van der Waals surface area (Å²) in [7, 11) is 0. The van der Waals surface area contributed by atoms with Crippen LogP contribution in [-0.4, -0.2) is 12.6 Å². The molecule has 0 saturated carbocycles. The Bertz CT molecular complexity index is 434. The molecule has 1 aromatic rings. The maximum atomic E-state index is 13.3. The van der Waals surface area contributed by atoms with Crippen molar-refractivity contribution in [3.05, 3.63) is 35.1 Å². The number of aliphatic imine (C=N–C) groups is 1. The molecule has 0 spiro atoms. The molecular weight excluding hydrogens is 209 g/mol. The van der Waals surface area contributed by atoms with Crippen LogP contribution in [0.15, 0.2) is 17.1 Å². The topological polar surface area (TPSA) is 47.6 Å². The van der Waals surface area contributed by atoms with Crippen LogP contribution < -0.4 is 5.73 Å². The quantitative estimate of drug-likeness (QED) is 0.723. The van der Waals surface area contributed by atoms with E-state index in [-0.39, 0.29) is 18.2 Å². The highest BCUT2D eigenvalue weighted by Crippen LogP contribution is 2.26. The van der Waals surface area contributed by atoms with E-state index < -0.39 is 23.5 Å². The molecule has 0 amide bonds. The Morgan fingerprint density at radius 2 is 2.07 bits per heavy atom. The van der Waals surface area contributed by atoms with Gasteiger partial charge in [-0.25, -0.2) is 18.2 Å². The van der Waals surface area contributed by atoms with Crippen molar-refractivity contribution in [2.45, 2.75) is 6.04 Å². The molecule has 1 aliphatic rings. The SMILES string of the molecule is NC1=NC(c2cc(F)cc(F)c2F)CO1. The fourth-order valence-electron chi connectivity index (χ4n) is 1.37. The van der Waals surface area contributed by atoms with Crippen LogP contribution in [0.5, 0.6) is 0 Å². The first-order chi connectivity index (χ1) is 7.08. The second kappa shape index (κ2) is 3.45. The lowest BCUT2D eigenvalue weighted by atomic mass is 10.1. The summed E-state index contributed by atoms with van der Waals surface area (Å²) in [6, 6.07) is 0.468. The molecule has 1 unspecified atom stereocenters. The number of nitrogens with two attached hydrogens (primary N) is 1. The van der Waals surface area contributed by atoms with Crippen LogP contribution in [-0.2, 0) is 4.74 Å². The molecule has 0 bridgehead atoms. The van der Waals surface area contributed by atoms with Crippen molar-refractivity contribution in [1.82, 2.24) is 0 Å². The molecule has 2 rings (SSSR count).